The smallest absolute Gasteiger partial charge is 0.435 e. The summed E-state index contributed by atoms with van der Waals surface area (Å²) in [7, 11) is 1.54. The van der Waals surface area contributed by atoms with Gasteiger partial charge in [0.15, 0.2) is 22.9 Å². The normalized spacial score (nSPS) is 14.3. The minimum absolute atomic E-state index is 0.104. The van der Waals surface area contributed by atoms with Crippen molar-refractivity contribution in [1.82, 2.24) is 39.7 Å². The fourth-order valence-electron chi connectivity index (χ4n) is 5.54. The summed E-state index contributed by atoms with van der Waals surface area (Å²) in [5.41, 5.74) is -0.591. The third-order valence-electron chi connectivity index (χ3n) is 8.00. The number of aryl methyl sites for hydroxylation is 1. The van der Waals surface area contributed by atoms with E-state index in [0.29, 0.717) is 55.6 Å². The first-order valence-corrected chi connectivity index (χ1v) is 14.6. The van der Waals surface area contributed by atoms with Crippen molar-refractivity contribution in [2.24, 2.45) is 0 Å². The highest BCUT2D eigenvalue weighted by molar-refractivity contribution is 5.98. The van der Waals surface area contributed by atoms with Gasteiger partial charge < -0.3 is 25.6 Å². The van der Waals surface area contributed by atoms with Gasteiger partial charge in [-0.2, -0.15) is 23.5 Å². The number of carbonyl (C=O) groups excluding carboxylic acids is 3. The molecule has 1 aliphatic heterocycles. The summed E-state index contributed by atoms with van der Waals surface area (Å²) in [6, 6.07) is 6.73. The van der Waals surface area contributed by atoms with E-state index >= 15 is 0 Å². The van der Waals surface area contributed by atoms with E-state index in [1.165, 1.54) is 34.9 Å². The number of anilines is 2. The van der Waals surface area contributed by atoms with Crippen molar-refractivity contribution in [1.29, 1.82) is 5.26 Å². The predicted octanol–water partition coefficient (Wildman–Crippen LogP) is 2.88. The van der Waals surface area contributed by atoms with Gasteiger partial charge in [-0.1, -0.05) is 6.92 Å². The highest BCUT2D eigenvalue weighted by Gasteiger charge is 2.41. The number of aromatic nitrogens is 5. The van der Waals surface area contributed by atoms with Gasteiger partial charge >= 0.3 is 6.18 Å². The average Bonchev–Trinajstić information content (AvgIpc) is 3.69. The van der Waals surface area contributed by atoms with Crippen LogP contribution in [0.15, 0.2) is 43.0 Å². The van der Waals surface area contributed by atoms with E-state index in [4.69, 9.17) is 10.00 Å². The van der Waals surface area contributed by atoms with Crippen molar-refractivity contribution in [3.63, 3.8) is 0 Å². The molecule has 0 saturated carbocycles. The second-order valence-corrected chi connectivity index (χ2v) is 10.8. The van der Waals surface area contributed by atoms with E-state index in [0.717, 1.165) is 10.9 Å². The number of carbonyl (C=O) groups is 3. The summed E-state index contributed by atoms with van der Waals surface area (Å²) in [5.74, 6) is -0.646. The number of likely N-dealkylation sites (N-methyl/N-ethyl adjacent to an activating group) is 1. The fourth-order valence-corrected chi connectivity index (χ4v) is 5.54. The molecular weight excluding hydrogens is 621 g/mol. The van der Waals surface area contributed by atoms with Crippen LogP contribution in [0.2, 0.25) is 0 Å². The number of hydrogen-bond donors (Lipinski definition) is 3. The number of halogens is 3. The van der Waals surface area contributed by atoms with Crippen LogP contribution in [0.1, 0.15) is 41.4 Å². The molecule has 1 fully saturated rings. The van der Waals surface area contributed by atoms with Gasteiger partial charge in [0.05, 0.1) is 30.1 Å². The molecule has 3 N–H and O–H groups in total. The van der Waals surface area contributed by atoms with Crippen LogP contribution in [-0.4, -0.2) is 79.7 Å². The zero-order valence-corrected chi connectivity index (χ0v) is 25.5. The minimum atomic E-state index is -4.76. The lowest BCUT2D eigenvalue weighted by molar-refractivity contribution is -0.180. The van der Waals surface area contributed by atoms with E-state index in [9.17, 15) is 27.6 Å². The molecule has 0 bridgehead atoms. The van der Waals surface area contributed by atoms with Crippen LogP contribution in [0.5, 0.6) is 0 Å². The Morgan fingerprint density at radius 2 is 2.02 bits per heavy atom. The molecule has 4 heterocycles. The van der Waals surface area contributed by atoms with Crippen molar-refractivity contribution in [2.75, 3.05) is 32.0 Å². The zero-order chi connectivity index (χ0) is 33.8. The van der Waals surface area contributed by atoms with E-state index in [-0.39, 0.29) is 35.8 Å². The maximum Gasteiger partial charge on any atom is 0.435 e. The first-order chi connectivity index (χ1) is 22.5. The molecule has 0 radical (unpaired) electrons. The van der Waals surface area contributed by atoms with Crippen molar-refractivity contribution >= 4 is 35.4 Å². The predicted molar refractivity (Wildman–Crippen MR) is 161 cm³/mol. The largest absolute Gasteiger partial charge is 0.441 e. The van der Waals surface area contributed by atoms with E-state index in [1.807, 2.05) is 6.92 Å². The number of nitrogens with zero attached hydrogens (tertiary/aromatic N) is 7. The van der Waals surface area contributed by atoms with Gasteiger partial charge in [0.25, 0.3) is 12.4 Å². The number of ether oxygens (including phenoxy) is 1. The summed E-state index contributed by atoms with van der Waals surface area (Å²) in [5, 5.41) is 21.4. The average molecular weight is 653 g/mol. The third kappa shape index (κ3) is 6.72. The lowest BCUT2D eigenvalue weighted by Gasteiger charge is -2.42. The van der Waals surface area contributed by atoms with E-state index in [1.54, 1.807) is 24.3 Å². The molecule has 1 aromatic carbocycles. The second kappa shape index (κ2) is 13.5. The van der Waals surface area contributed by atoms with Crippen LogP contribution in [0, 0.1) is 11.3 Å². The molecule has 0 atom stereocenters. The van der Waals surface area contributed by atoms with Crippen molar-refractivity contribution < 1.29 is 32.3 Å². The van der Waals surface area contributed by atoms with Crippen LogP contribution in [0.25, 0.3) is 16.9 Å². The third-order valence-corrected chi connectivity index (χ3v) is 8.00. The second-order valence-electron chi connectivity index (χ2n) is 10.8. The standard InChI is InChI=1S/C30H31F3N10O4/c1-3-19-14-20(4-5-21(19)28(46)38-16-24(45)41(2)29(47-18-44)6-9-35-10-7-29)39-26-27-37-15-23(43(27)13-11-36-26)22-17-42(12-8-34)40-25(22)30(31,32)33/h4-5,11,13-15,17-18,35H,3,6-7,9-10,12,16H2,1-2H3,(H,36,39)(H,38,46). The Morgan fingerprint density at radius 1 is 1.26 bits per heavy atom. The summed E-state index contributed by atoms with van der Waals surface area (Å²) in [6.45, 7) is 2.65. The Kier molecular flexibility index (Phi) is 9.42. The highest BCUT2D eigenvalue weighted by Crippen LogP contribution is 2.37. The topological polar surface area (TPSA) is 172 Å². The number of amides is 2. The van der Waals surface area contributed by atoms with Gasteiger partial charge in [-0.15, -0.1) is 0 Å². The highest BCUT2D eigenvalue weighted by atomic mass is 19.4. The molecule has 1 saturated heterocycles. The SMILES string of the molecule is CCc1cc(Nc2nccn3c(-c4cn(CC#N)nc4C(F)(F)F)cnc23)ccc1C(=O)NCC(=O)N(C)C1(OC=O)CCNCC1. The first kappa shape index (κ1) is 32.9. The minimum Gasteiger partial charge on any atom is -0.441 e. The summed E-state index contributed by atoms with van der Waals surface area (Å²) in [6.07, 6.45) is 1.82. The molecule has 5 rings (SSSR count). The van der Waals surface area contributed by atoms with Crippen LogP contribution in [0.4, 0.5) is 24.7 Å². The molecule has 0 unspecified atom stereocenters. The van der Waals surface area contributed by atoms with Crippen molar-refractivity contribution in [3.05, 3.63) is 59.8 Å². The number of imidazole rings is 1. The molecule has 0 spiro atoms. The molecule has 2 amide bonds. The van der Waals surface area contributed by atoms with Gasteiger partial charge in [-0.25, -0.2) is 9.97 Å². The molecule has 0 aliphatic carbocycles. The molecule has 17 heteroatoms. The van der Waals surface area contributed by atoms with Crippen LogP contribution < -0.4 is 16.0 Å². The van der Waals surface area contributed by atoms with Crippen LogP contribution in [-0.2, 0) is 33.5 Å². The lowest BCUT2D eigenvalue weighted by Crippen LogP contribution is -2.58. The number of piperidine rings is 1. The van der Waals surface area contributed by atoms with Gasteiger partial charge in [0.2, 0.25) is 5.91 Å². The van der Waals surface area contributed by atoms with Gasteiger partial charge in [0.1, 0.15) is 6.54 Å². The molecule has 4 aromatic rings. The van der Waals surface area contributed by atoms with Crippen LogP contribution >= 0.6 is 0 Å². The fraction of sp³-hybridized carbons (Fsp3) is 0.367. The Morgan fingerprint density at radius 3 is 2.70 bits per heavy atom. The number of hydrogen-bond acceptors (Lipinski definition) is 10. The molecule has 3 aromatic heterocycles. The Hall–Kier alpha value is -5.50. The maximum atomic E-state index is 13.8. The number of rotatable bonds is 11. The molecule has 47 heavy (non-hydrogen) atoms. The Balaban J connectivity index is 1.33. The number of benzene rings is 1. The Labute approximate surface area is 266 Å². The molecule has 246 valence electrons. The van der Waals surface area contributed by atoms with Gasteiger partial charge in [-0.3, -0.25) is 23.5 Å². The lowest BCUT2D eigenvalue weighted by atomic mass is 10.00. The number of nitrogens with one attached hydrogen (secondary N) is 3. The monoisotopic (exact) mass is 652 g/mol. The number of alkyl halides is 3. The van der Waals surface area contributed by atoms with E-state index in [2.05, 4.69) is 31.0 Å². The van der Waals surface area contributed by atoms with E-state index < -0.39 is 29.4 Å². The van der Waals surface area contributed by atoms with Crippen molar-refractivity contribution in [2.45, 2.75) is 44.6 Å². The molecular formula is C30H31F3N10O4. The summed E-state index contributed by atoms with van der Waals surface area (Å²) in [4.78, 5) is 47.2. The first-order valence-electron chi connectivity index (χ1n) is 14.6. The quantitative estimate of drug-likeness (QED) is 0.162. The van der Waals surface area contributed by atoms with Gasteiger partial charge in [-0.05, 0) is 30.2 Å². The summed E-state index contributed by atoms with van der Waals surface area (Å²) >= 11 is 0. The maximum absolute atomic E-state index is 13.8. The zero-order valence-electron chi connectivity index (χ0n) is 25.5. The Bertz CT molecular complexity index is 1840. The van der Waals surface area contributed by atoms with Gasteiger partial charge in [0, 0.05) is 62.8 Å². The van der Waals surface area contributed by atoms with Crippen molar-refractivity contribution in [3.8, 4) is 17.3 Å². The molecule has 14 nitrogen and oxygen atoms in total. The summed E-state index contributed by atoms with van der Waals surface area (Å²) < 4.78 is 49.0. The van der Waals surface area contributed by atoms with Crippen LogP contribution in [0.3, 0.4) is 0 Å². The number of fused-ring (bicyclic) bond motifs is 1. The number of nitriles is 1. The molecule has 1 aliphatic rings.